The summed E-state index contributed by atoms with van der Waals surface area (Å²) in [6.07, 6.45) is 2.25. The molecule has 0 saturated carbocycles. The Morgan fingerprint density at radius 1 is 1.45 bits per heavy atom. The Morgan fingerprint density at radius 3 is 2.75 bits per heavy atom. The van der Waals surface area contributed by atoms with E-state index < -0.39 is 0 Å². The van der Waals surface area contributed by atoms with Crippen LogP contribution in [0, 0.1) is 0 Å². The number of nitrogens with zero attached hydrogens (tertiary/aromatic N) is 3. The van der Waals surface area contributed by atoms with Gasteiger partial charge in [0.15, 0.2) is 5.13 Å². The number of hydrogen-bond donors (Lipinski definition) is 1. The highest BCUT2D eigenvalue weighted by atomic mass is 32.1. The summed E-state index contributed by atoms with van der Waals surface area (Å²) in [6.45, 7) is 2.77. The molecule has 1 amide bonds. The molecule has 1 aromatic heterocycles. The molecule has 2 rings (SSSR count). The molecule has 0 atom stereocenters. The van der Waals surface area contributed by atoms with Crippen molar-refractivity contribution in [2.75, 3.05) is 45.7 Å². The van der Waals surface area contributed by atoms with Crippen molar-refractivity contribution in [2.24, 2.45) is 0 Å². The van der Waals surface area contributed by atoms with Crippen molar-refractivity contribution in [3.63, 3.8) is 0 Å². The van der Waals surface area contributed by atoms with Crippen LogP contribution >= 0.6 is 11.3 Å². The van der Waals surface area contributed by atoms with Crippen LogP contribution in [0.15, 0.2) is 0 Å². The topological polar surface area (TPSA) is 57.7 Å². The molecule has 0 aliphatic carbocycles. The first-order chi connectivity index (χ1) is 9.61. The van der Waals surface area contributed by atoms with E-state index in [-0.39, 0.29) is 5.91 Å². The molecule has 7 heteroatoms. The van der Waals surface area contributed by atoms with E-state index in [1.54, 1.807) is 18.4 Å². The van der Waals surface area contributed by atoms with Crippen LogP contribution in [0.2, 0.25) is 0 Å². The summed E-state index contributed by atoms with van der Waals surface area (Å²) in [6, 6.07) is 0. The molecule has 1 aliphatic rings. The summed E-state index contributed by atoms with van der Waals surface area (Å²) >= 11 is 1.58. The summed E-state index contributed by atoms with van der Waals surface area (Å²) in [5.74, 6) is 0.818. The van der Waals surface area contributed by atoms with E-state index in [1.165, 1.54) is 0 Å². The zero-order valence-corrected chi connectivity index (χ0v) is 13.1. The lowest BCUT2D eigenvalue weighted by Crippen LogP contribution is -2.35. The summed E-state index contributed by atoms with van der Waals surface area (Å²) in [5.41, 5.74) is 0. The molecule has 2 heterocycles. The minimum atomic E-state index is 0.179. The fraction of sp³-hybridized carbons (Fsp3) is 0.692. The predicted octanol–water partition coefficient (Wildman–Crippen LogP) is 0.930. The number of likely N-dealkylation sites (tertiary alicyclic amines) is 1. The second kappa shape index (κ2) is 6.90. The van der Waals surface area contributed by atoms with Crippen molar-refractivity contribution in [1.29, 1.82) is 0 Å². The molecule has 20 heavy (non-hydrogen) atoms. The SMILES string of the molecule is COc1nc(N(C)C)sc1CNCC(=O)N1CCCC1. The van der Waals surface area contributed by atoms with E-state index in [9.17, 15) is 4.79 Å². The molecule has 1 fully saturated rings. The average molecular weight is 298 g/mol. The zero-order chi connectivity index (χ0) is 14.5. The molecule has 0 aromatic carbocycles. The fourth-order valence-electron chi connectivity index (χ4n) is 2.15. The fourth-order valence-corrected chi connectivity index (χ4v) is 3.07. The van der Waals surface area contributed by atoms with Crippen LogP contribution in [-0.2, 0) is 11.3 Å². The van der Waals surface area contributed by atoms with Gasteiger partial charge in [-0.25, -0.2) is 0 Å². The number of amides is 1. The van der Waals surface area contributed by atoms with E-state index in [4.69, 9.17) is 4.74 Å². The molecular formula is C13H22N4O2S. The van der Waals surface area contributed by atoms with Crippen molar-refractivity contribution in [2.45, 2.75) is 19.4 Å². The quantitative estimate of drug-likeness (QED) is 0.847. The van der Waals surface area contributed by atoms with Crippen molar-refractivity contribution >= 4 is 22.4 Å². The highest BCUT2D eigenvalue weighted by Gasteiger charge is 2.18. The van der Waals surface area contributed by atoms with Gasteiger partial charge in [-0.3, -0.25) is 4.79 Å². The molecule has 0 spiro atoms. The molecule has 1 aromatic rings. The zero-order valence-electron chi connectivity index (χ0n) is 12.3. The molecule has 112 valence electrons. The number of hydrogen-bond acceptors (Lipinski definition) is 6. The number of thiazole rings is 1. The van der Waals surface area contributed by atoms with E-state index >= 15 is 0 Å². The van der Waals surface area contributed by atoms with Gasteiger partial charge in [-0.05, 0) is 12.8 Å². The molecule has 0 unspecified atom stereocenters. The number of methoxy groups -OCH3 is 1. The van der Waals surface area contributed by atoms with E-state index in [1.807, 2.05) is 23.9 Å². The van der Waals surface area contributed by atoms with Crippen molar-refractivity contribution < 1.29 is 9.53 Å². The number of carbonyl (C=O) groups excluding carboxylic acids is 1. The molecular weight excluding hydrogens is 276 g/mol. The van der Waals surface area contributed by atoms with Gasteiger partial charge in [-0.1, -0.05) is 11.3 Å². The Kier molecular flexibility index (Phi) is 5.19. The van der Waals surface area contributed by atoms with Gasteiger partial charge in [-0.15, -0.1) is 0 Å². The molecule has 1 aliphatic heterocycles. The maximum Gasteiger partial charge on any atom is 0.236 e. The highest BCUT2D eigenvalue weighted by molar-refractivity contribution is 7.15. The number of ether oxygens (including phenoxy) is 1. The Balaban J connectivity index is 1.85. The normalized spacial score (nSPS) is 14.7. The molecule has 1 saturated heterocycles. The lowest BCUT2D eigenvalue weighted by Gasteiger charge is -2.15. The van der Waals surface area contributed by atoms with Crippen LogP contribution in [0.3, 0.4) is 0 Å². The Bertz CT molecular complexity index is 455. The standard InChI is InChI=1S/C13H22N4O2S/c1-16(2)13-15-12(19-3)10(20-13)8-14-9-11(18)17-6-4-5-7-17/h14H,4-9H2,1-3H3. The maximum absolute atomic E-state index is 11.9. The lowest BCUT2D eigenvalue weighted by molar-refractivity contribution is -0.129. The molecule has 0 bridgehead atoms. The average Bonchev–Trinajstić information content (AvgIpc) is 3.07. The molecule has 1 N–H and O–H groups in total. The number of rotatable bonds is 6. The number of carbonyl (C=O) groups is 1. The van der Waals surface area contributed by atoms with Gasteiger partial charge in [0.2, 0.25) is 11.8 Å². The molecule has 0 radical (unpaired) electrons. The Labute approximate surface area is 123 Å². The second-order valence-corrected chi connectivity index (χ2v) is 6.08. The third kappa shape index (κ3) is 3.61. The summed E-state index contributed by atoms with van der Waals surface area (Å²) in [5, 5.41) is 4.09. The minimum Gasteiger partial charge on any atom is -0.480 e. The van der Waals surface area contributed by atoms with Gasteiger partial charge in [0.1, 0.15) is 0 Å². The van der Waals surface area contributed by atoms with Gasteiger partial charge in [0, 0.05) is 33.7 Å². The first kappa shape index (κ1) is 15.1. The van der Waals surface area contributed by atoms with Gasteiger partial charge >= 0.3 is 0 Å². The summed E-state index contributed by atoms with van der Waals surface area (Å²) in [7, 11) is 5.52. The van der Waals surface area contributed by atoms with Crippen LogP contribution in [0.4, 0.5) is 5.13 Å². The third-order valence-corrected chi connectivity index (χ3v) is 4.45. The number of aromatic nitrogens is 1. The van der Waals surface area contributed by atoms with E-state index in [0.29, 0.717) is 19.0 Å². The van der Waals surface area contributed by atoms with Crippen molar-refractivity contribution in [1.82, 2.24) is 15.2 Å². The van der Waals surface area contributed by atoms with Crippen molar-refractivity contribution in [3.8, 4) is 5.88 Å². The minimum absolute atomic E-state index is 0.179. The van der Waals surface area contributed by atoms with E-state index in [0.717, 1.165) is 35.9 Å². The number of nitrogens with one attached hydrogen (secondary N) is 1. The van der Waals surface area contributed by atoms with Crippen LogP contribution in [0.5, 0.6) is 5.88 Å². The second-order valence-electron chi connectivity index (χ2n) is 5.01. The lowest BCUT2D eigenvalue weighted by atomic mass is 10.4. The third-order valence-electron chi connectivity index (χ3n) is 3.25. The molecule has 6 nitrogen and oxygen atoms in total. The smallest absolute Gasteiger partial charge is 0.236 e. The van der Waals surface area contributed by atoms with E-state index in [2.05, 4.69) is 10.3 Å². The first-order valence-corrected chi connectivity index (χ1v) is 7.63. The van der Waals surface area contributed by atoms with Gasteiger partial charge in [0.25, 0.3) is 0 Å². The van der Waals surface area contributed by atoms with Crippen LogP contribution < -0.4 is 15.0 Å². The predicted molar refractivity (Wildman–Crippen MR) is 80.5 cm³/mol. The Hall–Kier alpha value is -1.34. The van der Waals surface area contributed by atoms with Crippen LogP contribution in [0.1, 0.15) is 17.7 Å². The summed E-state index contributed by atoms with van der Waals surface area (Å²) < 4.78 is 5.27. The monoisotopic (exact) mass is 298 g/mol. The van der Waals surface area contributed by atoms with Gasteiger partial charge in [0.05, 0.1) is 18.5 Å². The van der Waals surface area contributed by atoms with Crippen molar-refractivity contribution in [3.05, 3.63) is 4.88 Å². The van der Waals surface area contributed by atoms with Gasteiger partial charge < -0.3 is 19.9 Å². The maximum atomic E-state index is 11.9. The van der Waals surface area contributed by atoms with Crippen LogP contribution in [0.25, 0.3) is 0 Å². The number of anilines is 1. The largest absolute Gasteiger partial charge is 0.480 e. The Morgan fingerprint density at radius 2 is 2.15 bits per heavy atom. The van der Waals surface area contributed by atoms with Gasteiger partial charge in [-0.2, -0.15) is 4.98 Å². The highest BCUT2D eigenvalue weighted by Crippen LogP contribution is 2.30. The van der Waals surface area contributed by atoms with Crippen LogP contribution in [-0.4, -0.2) is 56.6 Å². The summed E-state index contributed by atoms with van der Waals surface area (Å²) in [4.78, 5) is 21.2. The first-order valence-electron chi connectivity index (χ1n) is 6.81.